The molecule has 3 aromatic heterocycles. The van der Waals surface area contributed by atoms with Gasteiger partial charge in [-0.25, -0.2) is 0 Å². The van der Waals surface area contributed by atoms with E-state index < -0.39 is 0 Å². The minimum atomic E-state index is -0.366. The number of anilines is 3. The Morgan fingerprint density at radius 1 is 0.311 bits per heavy atom. The molecule has 0 spiro atoms. The van der Waals surface area contributed by atoms with Gasteiger partial charge in [0.15, 0.2) is 0 Å². The van der Waals surface area contributed by atoms with Crippen LogP contribution in [0.3, 0.4) is 0 Å². The summed E-state index contributed by atoms with van der Waals surface area (Å²) in [5.74, 6) is 0. The van der Waals surface area contributed by atoms with Crippen LogP contribution in [0.15, 0.2) is 189 Å². The zero-order valence-electron chi connectivity index (χ0n) is 63.2. The monoisotopic (exact) mass is 1360 g/mol. The van der Waals surface area contributed by atoms with E-state index in [4.69, 9.17) is 13.3 Å². The summed E-state index contributed by atoms with van der Waals surface area (Å²) in [7, 11) is 0. The molecule has 13 aromatic rings. The van der Waals surface area contributed by atoms with Crippen LogP contribution in [0.1, 0.15) is 266 Å². The quantitative estimate of drug-likeness (QED) is 0.0394. The maximum Gasteiger partial charge on any atom is 0.143 e. The lowest BCUT2D eigenvalue weighted by Gasteiger charge is -2.35. The molecule has 0 unspecified atom stereocenters. The molecule has 3 aliphatic carbocycles. The molecule has 0 N–H and O–H groups in total. The van der Waals surface area contributed by atoms with Crippen LogP contribution < -0.4 is 4.90 Å². The summed E-state index contributed by atoms with van der Waals surface area (Å²) in [4.78, 5) is 2.65. The molecule has 3 aliphatic rings. The Morgan fingerprint density at radius 3 is 1.39 bits per heavy atom. The molecular weight excluding hydrogens is 1250 g/mol. The second-order valence-electron chi connectivity index (χ2n) is 32.3. The van der Waals surface area contributed by atoms with E-state index in [1.165, 1.54) is 256 Å². The van der Waals surface area contributed by atoms with Crippen molar-refractivity contribution in [3.05, 3.63) is 220 Å². The second kappa shape index (κ2) is 29.1. The van der Waals surface area contributed by atoms with E-state index in [9.17, 15) is 0 Å². The van der Waals surface area contributed by atoms with E-state index in [1.54, 1.807) is 22.3 Å². The first-order valence-electron chi connectivity index (χ1n) is 40.7. The molecule has 0 aliphatic heterocycles. The van der Waals surface area contributed by atoms with Crippen molar-refractivity contribution in [3.63, 3.8) is 0 Å². The summed E-state index contributed by atoms with van der Waals surface area (Å²) >= 11 is 0. The van der Waals surface area contributed by atoms with Crippen LogP contribution in [0.2, 0.25) is 0 Å². The summed E-state index contributed by atoms with van der Waals surface area (Å²) < 4.78 is 20.6. The predicted molar refractivity (Wildman–Crippen MR) is 440 cm³/mol. The Kier molecular flexibility index (Phi) is 19.5. The van der Waals surface area contributed by atoms with Crippen LogP contribution >= 0.6 is 0 Å². The molecule has 4 nitrogen and oxygen atoms in total. The SMILES string of the molecule is CCCCCCCCC1(CCCCCCCC)c2cc(N(c3ccc4c(c3)C(C)(C)c3cc(-c5ccc6c(c5)oc5ccccc56)c5oc6ccccc6c5c3-4)c3ccc(C)cc3C)ccc2-c2cc3c(cc21)-c1c(ccc2oc4ccccc4c12)C3(CCCCCCCC)CCCCCCCC. The number of hydrogen-bond donors (Lipinski definition) is 0. The fraction of sp³-hybridized carbons (Fsp3) is 0.394. The Labute approximate surface area is 613 Å². The molecule has 10 aromatic carbocycles. The third kappa shape index (κ3) is 12.2. The van der Waals surface area contributed by atoms with Crippen molar-refractivity contribution >= 4 is 82.9 Å². The first-order valence-corrected chi connectivity index (χ1v) is 40.7. The van der Waals surface area contributed by atoms with Crippen molar-refractivity contribution < 1.29 is 13.3 Å². The summed E-state index contributed by atoms with van der Waals surface area (Å²) in [5, 5.41) is 7.17. The Hall–Kier alpha value is -8.60. The van der Waals surface area contributed by atoms with Gasteiger partial charge in [0.05, 0.1) is 0 Å². The molecule has 528 valence electrons. The number of hydrogen-bond acceptors (Lipinski definition) is 4. The van der Waals surface area contributed by atoms with E-state index >= 15 is 0 Å². The first kappa shape index (κ1) is 68.8. The largest absolute Gasteiger partial charge is 0.456 e. The zero-order chi connectivity index (χ0) is 70.4. The number of fused-ring (bicyclic) bond motifs is 20. The van der Waals surface area contributed by atoms with Crippen LogP contribution in [-0.2, 0) is 16.2 Å². The molecule has 0 amide bonds. The van der Waals surface area contributed by atoms with Crippen LogP contribution in [0.25, 0.3) is 110 Å². The van der Waals surface area contributed by atoms with Gasteiger partial charge in [0.2, 0.25) is 0 Å². The summed E-state index contributed by atoms with van der Waals surface area (Å²) in [6.07, 6.45) is 35.5. The summed E-state index contributed by atoms with van der Waals surface area (Å²) in [5.41, 5.74) is 30.7. The van der Waals surface area contributed by atoms with Gasteiger partial charge in [-0.1, -0.05) is 292 Å². The van der Waals surface area contributed by atoms with Crippen molar-refractivity contribution in [2.45, 2.75) is 251 Å². The smallest absolute Gasteiger partial charge is 0.143 e. The van der Waals surface area contributed by atoms with E-state index in [-0.39, 0.29) is 16.2 Å². The van der Waals surface area contributed by atoms with Crippen LogP contribution in [-0.4, -0.2) is 0 Å². The topological polar surface area (TPSA) is 42.7 Å². The van der Waals surface area contributed by atoms with Gasteiger partial charge in [-0.15, -0.1) is 0 Å². The van der Waals surface area contributed by atoms with E-state index in [1.807, 2.05) is 0 Å². The maximum absolute atomic E-state index is 7.08. The first-order chi connectivity index (χ1) is 50.5. The molecule has 0 fully saturated rings. The van der Waals surface area contributed by atoms with E-state index in [0.717, 1.165) is 73.6 Å². The average Bonchev–Trinajstić information content (AvgIpc) is 1.53. The van der Waals surface area contributed by atoms with Crippen molar-refractivity contribution in [2.24, 2.45) is 0 Å². The number of para-hydroxylation sites is 3. The van der Waals surface area contributed by atoms with Crippen LogP contribution in [0, 0.1) is 13.8 Å². The fourth-order valence-corrected chi connectivity index (χ4v) is 19.9. The lowest BCUT2D eigenvalue weighted by Crippen LogP contribution is -2.27. The molecule has 0 atom stereocenters. The van der Waals surface area contributed by atoms with Crippen molar-refractivity contribution in [1.29, 1.82) is 0 Å². The number of benzene rings is 10. The molecular formula is C99H109NO3. The molecule has 3 heterocycles. The van der Waals surface area contributed by atoms with Crippen LogP contribution in [0.4, 0.5) is 17.1 Å². The molecule has 103 heavy (non-hydrogen) atoms. The Balaban J connectivity index is 0.883. The highest BCUT2D eigenvalue weighted by molar-refractivity contribution is 6.20. The summed E-state index contributed by atoms with van der Waals surface area (Å²) in [6, 6.07) is 68.3. The lowest BCUT2D eigenvalue weighted by molar-refractivity contribution is 0.394. The Morgan fingerprint density at radius 2 is 0.777 bits per heavy atom. The normalized spacial score (nSPS) is 14.4. The lowest BCUT2D eigenvalue weighted by atomic mass is 9.68. The maximum atomic E-state index is 7.08. The van der Waals surface area contributed by atoms with Crippen molar-refractivity contribution in [2.75, 3.05) is 4.90 Å². The zero-order valence-corrected chi connectivity index (χ0v) is 63.2. The molecule has 4 heteroatoms. The van der Waals surface area contributed by atoms with Gasteiger partial charge < -0.3 is 18.2 Å². The number of nitrogens with zero attached hydrogens (tertiary/aromatic N) is 1. The number of aryl methyl sites for hydroxylation is 2. The van der Waals surface area contributed by atoms with E-state index in [0.29, 0.717) is 0 Å². The van der Waals surface area contributed by atoms with Crippen molar-refractivity contribution in [1.82, 2.24) is 0 Å². The number of unbranched alkanes of at least 4 members (excludes halogenated alkanes) is 20. The van der Waals surface area contributed by atoms with Gasteiger partial charge >= 0.3 is 0 Å². The standard InChI is InChI=1S/C99H109NO3/c1-9-13-17-21-25-35-55-98(56-36-26-22-18-14-10-2)80-52-54-90-94(75-40-30-33-43-88(75)101-90)93(80)79-65-83-78(64-84(79)98)71-50-47-70(62-82(71)99(83,57-37-27-23-19-15-11-3)58-38-28-24-20-16-12-4)100(86-53-45-66(5)59-67(86)6)69-48-51-74-81(61-69)97(7,8)85-63-77(96-95(92(74)85)76-41-31-34-44-89(76)103-96)68-46-49-73-72-39-29-32-42-87(72)102-91(73)60-68/h29-34,39-54,59-65H,9-28,35-38,55-58H2,1-8H3. The third-order valence-corrected chi connectivity index (χ3v) is 25.2. The number of furan rings is 3. The highest BCUT2D eigenvalue weighted by atomic mass is 16.3. The fourth-order valence-electron chi connectivity index (χ4n) is 19.9. The second-order valence-corrected chi connectivity index (χ2v) is 32.3. The van der Waals surface area contributed by atoms with Crippen LogP contribution in [0.5, 0.6) is 0 Å². The minimum absolute atomic E-state index is 0.103. The van der Waals surface area contributed by atoms with Gasteiger partial charge in [-0.2, -0.15) is 0 Å². The van der Waals surface area contributed by atoms with Gasteiger partial charge in [-0.3, -0.25) is 0 Å². The minimum Gasteiger partial charge on any atom is -0.456 e. The van der Waals surface area contributed by atoms with Gasteiger partial charge in [0, 0.05) is 71.2 Å². The van der Waals surface area contributed by atoms with E-state index in [2.05, 4.69) is 236 Å². The summed E-state index contributed by atoms with van der Waals surface area (Å²) in [6.45, 7) is 18.9. The van der Waals surface area contributed by atoms with Gasteiger partial charge in [0.25, 0.3) is 0 Å². The molecule has 0 bridgehead atoms. The molecule has 0 saturated carbocycles. The average molecular weight is 1360 g/mol. The Bertz CT molecular complexity index is 5240. The highest BCUT2D eigenvalue weighted by Crippen LogP contribution is 2.64. The number of rotatable bonds is 32. The molecule has 0 saturated heterocycles. The third-order valence-electron chi connectivity index (χ3n) is 25.2. The highest BCUT2D eigenvalue weighted by Gasteiger charge is 2.49. The van der Waals surface area contributed by atoms with Gasteiger partial charge in [0.1, 0.15) is 33.5 Å². The molecule has 0 radical (unpaired) electrons. The molecule has 16 rings (SSSR count). The van der Waals surface area contributed by atoms with Gasteiger partial charge in [-0.05, 0) is 202 Å². The predicted octanol–water partition coefficient (Wildman–Crippen LogP) is 31.0. The van der Waals surface area contributed by atoms with Crippen molar-refractivity contribution in [3.8, 4) is 44.5 Å².